The number of para-hydroxylation sites is 1. The van der Waals surface area contributed by atoms with Crippen LogP contribution in [0.3, 0.4) is 0 Å². The molecule has 0 aliphatic heterocycles. The Balaban J connectivity index is 1.74. The Morgan fingerprint density at radius 1 is 0.960 bits per heavy atom. The van der Waals surface area contributed by atoms with Gasteiger partial charge < -0.3 is 15.2 Å². The minimum atomic E-state index is -0.727. The topological polar surface area (TPSA) is 80.2 Å². The number of benzene rings is 2. The summed E-state index contributed by atoms with van der Waals surface area (Å²) in [6, 6.07) is 18.2. The van der Waals surface area contributed by atoms with Gasteiger partial charge in [0.25, 0.3) is 0 Å². The molecule has 3 aromatic rings. The zero-order chi connectivity index (χ0) is 17.6. The van der Waals surface area contributed by atoms with Crippen LogP contribution in [0.15, 0.2) is 60.7 Å². The third kappa shape index (κ3) is 4.65. The quantitative estimate of drug-likeness (QED) is 0.698. The molecule has 128 valence electrons. The summed E-state index contributed by atoms with van der Waals surface area (Å²) in [5.74, 6) is 0.821. The summed E-state index contributed by atoms with van der Waals surface area (Å²) in [5, 5.41) is 13.5. The van der Waals surface area contributed by atoms with Crippen molar-refractivity contribution < 1.29 is 9.84 Å². The van der Waals surface area contributed by atoms with Gasteiger partial charge in [-0.05, 0) is 36.2 Å². The fourth-order valence-electron chi connectivity index (χ4n) is 2.26. The van der Waals surface area contributed by atoms with E-state index in [2.05, 4.69) is 20.3 Å². The highest BCUT2D eigenvalue weighted by atomic mass is 35.5. The van der Waals surface area contributed by atoms with Gasteiger partial charge in [-0.3, -0.25) is 0 Å². The molecule has 0 fully saturated rings. The van der Waals surface area contributed by atoms with E-state index in [1.165, 1.54) is 0 Å². The number of hydrogen-bond acceptors (Lipinski definition) is 6. The number of aromatic nitrogens is 3. The van der Waals surface area contributed by atoms with Gasteiger partial charge in [-0.2, -0.15) is 15.0 Å². The lowest BCUT2D eigenvalue weighted by Crippen LogP contribution is -2.25. The summed E-state index contributed by atoms with van der Waals surface area (Å²) in [5.41, 5.74) is 0.795. The molecule has 3 rings (SSSR count). The maximum absolute atomic E-state index is 10.4. The fraction of sp³-hybridized carbons (Fsp3) is 0.167. The van der Waals surface area contributed by atoms with Crippen LogP contribution < -0.4 is 10.1 Å². The highest BCUT2D eigenvalue weighted by Crippen LogP contribution is 2.22. The van der Waals surface area contributed by atoms with Crippen molar-refractivity contribution in [1.82, 2.24) is 15.0 Å². The van der Waals surface area contributed by atoms with Crippen molar-refractivity contribution in [3.05, 3.63) is 71.5 Å². The summed E-state index contributed by atoms with van der Waals surface area (Å²) in [6.45, 7) is 1.83. The summed E-state index contributed by atoms with van der Waals surface area (Å²) in [7, 11) is 0. The van der Waals surface area contributed by atoms with Crippen molar-refractivity contribution in [3.63, 3.8) is 0 Å². The van der Waals surface area contributed by atoms with Crippen LogP contribution in [0.2, 0.25) is 5.28 Å². The van der Waals surface area contributed by atoms with E-state index < -0.39 is 6.10 Å². The number of nitrogens with zero attached hydrogens (tertiary/aromatic N) is 3. The molecule has 6 nitrogen and oxygen atoms in total. The SMILES string of the molecule is C[C@@H](Nc1nc(Cl)nc(Oc2ccccc2)n1)[C@@H](O)c1ccccc1. The predicted octanol–water partition coefficient (Wildman–Crippen LogP) is 3.85. The Labute approximate surface area is 150 Å². The first-order valence-corrected chi connectivity index (χ1v) is 8.13. The van der Waals surface area contributed by atoms with Crippen LogP contribution in [0.5, 0.6) is 11.8 Å². The van der Waals surface area contributed by atoms with Crippen molar-refractivity contribution in [1.29, 1.82) is 0 Å². The lowest BCUT2D eigenvalue weighted by Gasteiger charge is -2.20. The van der Waals surface area contributed by atoms with Gasteiger partial charge in [-0.15, -0.1) is 0 Å². The maximum Gasteiger partial charge on any atom is 0.328 e. The molecular weight excluding hydrogens is 340 g/mol. The average Bonchev–Trinajstić information content (AvgIpc) is 2.62. The first kappa shape index (κ1) is 17.1. The van der Waals surface area contributed by atoms with Crippen LogP contribution in [-0.2, 0) is 0 Å². The summed E-state index contributed by atoms with van der Waals surface area (Å²) >= 11 is 5.95. The van der Waals surface area contributed by atoms with E-state index in [-0.39, 0.29) is 23.3 Å². The molecule has 7 heteroatoms. The van der Waals surface area contributed by atoms with Crippen molar-refractivity contribution in [2.75, 3.05) is 5.32 Å². The van der Waals surface area contributed by atoms with Crippen LogP contribution in [0.25, 0.3) is 0 Å². The van der Waals surface area contributed by atoms with Crippen molar-refractivity contribution in [2.45, 2.75) is 19.1 Å². The Hall–Kier alpha value is -2.70. The Morgan fingerprint density at radius 3 is 2.28 bits per heavy atom. The van der Waals surface area contributed by atoms with Gasteiger partial charge in [0.2, 0.25) is 11.2 Å². The van der Waals surface area contributed by atoms with Crippen LogP contribution >= 0.6 is 11.6 Å². The molecule has 25 heavy (non-hydrogen) atoms. The minimum absolute atomic E-state index is 0.00447. The highest BCUT2D eigenvalue weighted by Gasteiger charge is 2.18. The lowest BCUT2D eigenvalue weighted by atomic mass is 10.0. The van der Waals surface area contributed by atoms with Gasteiger partial charge in [0, 0.05) is 0 Å². The number of nitrogens with one attached hydrogen (secondary N) is 1. The van der Waals surface area contributed by atoms with Crippen molar-refractivity contribution in [2.24, 2.45) is 0 Å². The smallest absolute Gasteiger partial charge is 0.328 e. The summed E-state index contributed by atoms with van der Waals surface area (Å²) < 4.78 is 5.58. The van der Waals surface area contributed by atoms with Crippen LogP contribution in [0.4, 0.5) is 5.95 Å². The van der Waals surface area contributed by atoms with E-state index in [1.54, 1.807) is 12.1 Å². The zero-order valence-corrected chi connectivity index (χ0v) is 14.3. The molecule has 0 aliphatic carbocycles. The van der Waals surface area contributed by atoms with Crippen molar-refractivity contribution in [3.8, 4) is 11.8 Å². The van der Waals surface area contributed by atoms with Crippen LogP contribution in [-0.4, -0.2) is 26.1 Å². The molecule has 0 saturated carbocycles. The number of aliphatic hydroxyl groups is 1. The number of hydrogen-bond donors (Lipinski definition) is 2. The highest BCUT2D eigenvalue weighted by molar-refractivity contribution is 6.28. The van der Waals surface area contributed by atoms with E-state index in [9.17, 15) is 5.11 Å². The molecule has 2 atom stereocenters. The molecule has 2 aromatic carbocycles. The zero-order valence-electron chi connectivity index (χ0n) is 13.5. The minimum Gasteiger partial charge on any atom is -0.424 e. The molecule has 0 aliphatic rings. The molecule has 2 N–H and O–H groups in total. The molecular formula is C18H17ClN4O2. The molecule has 0 amide bonds. The molecule has 0 radical (unpaired) electrons. The number of halogens is 1. The third-order valence-corrected chi connectivity index (χ3v) is 3.68. The van der Waals surface area contributed by atoms with Gasteiger partial charge in [0.15, 0.2) is 0 Å². The van der Waals surface area contributed by atoms with Gasteiger partial charge in [-0.1, -0.05) is 48.5 Å². The summed E-state index contributed by atoms with van der Waals surface area (Å²) in [6.07, 6.45) is -0.727. The second-order valence-corrected chi connectivity index (χ2v) is 5.75. The van der Waals surface area contributed by atoms with Gasteiger partial charge in [-0.25, -0.2) is 0 Å². The van der Waals surface area contributed by atoms with E-state index in [4.69, 9.17) is 16.3 Å². The average molecular weight is 357 g/mol. The first-order valence-electron chi connectivity index (χ1n) is 7.76. The molecule has 0 unspecified atom stereocenters. The number of ether oxygens (including phenoxy) is 1. The lowest BCUT2D eigenvalue weighted by molar-refractivity contribution is 0.160. The summed E-state index contributed by atoms with van der Waals surface area (Å²) in [4.78, 5) is 12.2. The molecule has 1 aromatic heterocycles. The maximum atomic E-state index is 10.4. The number of rotatable bonds is 6. The first-order chi connectivity index (χ1) is 12.1. The normalized spacial score (nSPS) is 13.1. The molecule has 0 bridgehead atoms. The largest absolute Gasteiger partial charge is 0.424 e. The van der Waals surface area contributed by atoms with Gasteiger partial charge in [0.05, 0.1) is 12.1 Å². The standard InChI is InChI=1S/C18H17ClN4O2/c1-12(15(24)13-8-4-2-5-9-13)20-17-21-16(19)22-18(23-17)25-14-10-6-3-7-11-14/h2-12,15,24H,1H3,(H,20,21,22,23)/t12-,15-/m1/s1. The Kier molecular flexibility index (Phi) is 5.42. The fourth-order valence-corrected chi connectivity index (χ4v) is 2.41. The second kappa shape index (κ2) is 7.92. The molecule has 1 heterocycles. The van der Waals surface area contributed by atoms with Gasteiger partial charge in [0.1, 0.15) is 5.75 Å². The predicted molar refractivity (Wildman–Crippen MR) is 95.8 cm³/mol. The number of aliphatic hydroxyl groups excluding tert-OH is 1. The molecule has 0 saturated heterocycles. The van der Waals surface area contributed by atoms with Crippen molar-refractivity contribution >= 4 is 17.5 Å². The monoisotopic (exact) mass is 356 g/mol. The van der Waals surface area contributed by atoms with Crippen LogP contribution in [0, 0.1) is 0 Å². The Bertz CT molecular complexity index is 818. The third-order valence-electron chi connectivity index (χ3n) is 3.51. The Morgan fingerprint density at radius 2 is 1.60 bits per heavy atom. The van der Waals surface area contributed by atoms with E-state index >= 15 is 0 Å². The van der Waals surface area contributed by atoms with E-state index in [1.807, 2.05) is 55.5 Å². The molecule has 0 spiro atoms. The number of anilines is 1. The van der Waals surface area contributed by atoms with E-state index in [0.717, 1.165) is 5.56 Å². The van der Waals surface area contributed by atoms with Crippen LogP contribution in [0.1, 0.15) is 18.6 Å². The van der Waals surface area contributed by atoms with E-state index in [0.29, 0.717) is 5.75 Å². The second-order valence-electron chi connectivity index (χ2n) is 5.41. The van der Waals surface area contributed by atoms with Gasteiger partial charge >= 0.3 is 6.01 Å².